The van der Waals surface area contributed by atoms with Crippen molar-refractivity contribution in [2.45, 2.75) is 19.4 Å². The molecule has 0 radical (unpaired) electrons. The Morgan fingerprint density at radius 1 is 1.69 bits per heavy atom. The van der Waals surface area contributed by atoms with Crippen LogP contribution >= 0.6 is 7.60 Å². The Bertz CT molecular complexity index is 231. The lowest BCUT2D eigenvalue weighted by Crippen LogP contribution is -2.14. The molecule has 0 aliphatic rings. The van der Waals surface area contributed by atoms with Crippen LogP contribution in [0.4, 0.5) is 0 Å². The van der Waals surface area contributed by atoms with Gasteiger partial charge in [0.1, 0.15) is 0 Å². The van der Waals surface area contributed by atoms with E-state index in [0.717, 1.165) is 6.08 Å². The molecule has 0 aliphatic carbocycles. The summed E-state index contributed by atoms with van der Waals surface area (Å²) < 4.78 is 15.1. The standard InChI is InChI=1S/C7H13O5P/c1-3-7(8)12-6(2)4-5-13(9,10)11/h3,6H,1,4-5H2,2H3,(H2,9,10,11). The Morgan fingerprint density at radius 2 is 2.23 bits per heavy atom. The van der Waals surface area contributed by atoms with Crippen molar-refractivity contribution >= 4 is 13.6 Å². The molecule has 0 aliphatic heterocycles. The second kappa shape index (κ2) is 5.17. The summed E-state index contributed by atoms with van der Waals surface area (Å²) >= 11 is 0. The van der Waals surface area contributed by atoms with Crippen LogP contribution in [0.25, 0.3) is 0 Å². The van der Waals surface area contributed by atoms with E-state index in [2.05, 4.69) is 6.58 Å². The Kier molecular flexibility index (Phi) is 4.91. The zero-order valence-corrected chi connectivity index (χ0v) is 8.24. The van der Waals surface area contributed by atoms with Gasteiger partial charge in [0.05, 0.1) is 12.3 Å². The van der Waals surface area contributed by atoms with Crippen LogP contribution < -0.4 is 0 Å². The van der Waals surface area contributed by atoms with E-state index in [4.69, 9.17) is 14.5 Å². The maximum atomic E-state index is 10.6. The quantitative estimate of drug-likeness (QED) is 0.394. The molecule has 0 saturated carbocycles. The molecule has 0 bridgehead atoms. The summed E-state index contributed by atoms with van der Waals surface area (Å²) in [5.41, 5.74) is 0. The molecule has 0 heterocycles. The fourth-order valence-electron chi connectivity index (χ4n) is 0.655. The highest BCUT2D eigenvalue weighted by atomic mass is 31.2. The molecule has 2 N–H and O–H groups in total. The van der Waals surface area contributed by atoms with Gasteiger partial charge in [-0.3, -0.25) is 4.57 Å². The van der Waals surface area contributed by atoms with Crippen LogP contribution in [0.5, 0.6) is 0 Å². The molecule has 0 aromatic carbocycles. The van der Waals surface area contributed by atoms with E-state index < -0.39 is 19.7 Å². The third kappa shape index (κ3) is 7.71. The molecule has 76 valence electrons. The molecule has 1 atom stereocenters. The van der Waals surface area contributed by atoms with Crippen LogP contribution in [0.2, 0.25) is 0 Å². The van der Waals surface area contributed by atoms with E-state index in [1.807, 2.05) is 0 Å². The second-order valence-corrected chi connectivity index (χ2v) is 4.41. The first kappa shape index (κ1) is 12.4. The topological polar surface area (TPSA) is 83.8 Å². The molecule has 0 saturated heterocycles. The molecule has 0 rings (SSSR count). The average Bonchev–Trinajstić information content (AvgIpc) is 1.99. The van der Waals surface area contributed by atoms with Gasteiger partial charge in [0.2, 0.25) is 0 Å². The van der Waals surface area contributed by atoms with Gasteiger partial charge in [-0.2, -0.15) is 0 Å². The van der Waals surface area contributed by atoms with E-state index in [0.29, 0.717) is 0 Å². The van der Waals surface area contributed by atoms with Gasteiger partial charge in [-0.15, -0.1) is 0 Å². The minimum Gasteiger partial charge on any atom is -0.460 e. The van der Waals surface area contributed by atoms with Crippen molar-refractivity contribution in [3.05, 3.63) is 12.7 Å². The normalized spacial score (nSPS) is 13.5. The zero-order chi connectivity index (χ0) is 10.5. The van der Waals surface area contributed by atoms with Crippen molar-refractivity contribution < 1.29 is 23.9 Å². The van der Waals surface area contributed by atoms with Gasteiger partial charge in [-0.25, -0.2) is 4.79 Å². The third-order valence-corrected chi connectivity index (χ3v) is 2.15. The Labute approximate surface area is 76.6 Å². The van der Waals surface area contributed by atoms with Crippen LogP contribution in [0, 0.1) is 0 Å². The summed E-state index contributed by atoms with van der Waals surface area (Å²) in [5.74, 6) is -0.585. The minimum atomic E-state index is -3.99. The van der Waals surface area contributed by atoms with Gasteiger partial charge in [0, 0.05) is 6.08 Å². The first-order valence-electron chi connectivity index (χ1n) is 3.73. The molecule has 1 unspecified atom stereocenters. The molecular formula is C7H13O5P. The lowest BCUT2D eigenvalue weighted by atomic mass is 10.3. The van der Waals surface area contributed by atoms with Gasteiger partial charge in [0.25, 0.3) is 0 Å². The van der Waals surface area contributed by atoms with Crippen LogP contribution in [0.15, 0.2) is 12.7 Å². The molecule has 0 fully saturated rings. The van der Waals surface area contributed by atoms with E-state index in [1.54, 1.807) is 6.92 Å². The summed E-state index contributed by atoms with van der Waals surface area (Å²) in [6, 6.07) is 0. The Morgan fingerprint density at radius 3 is 2.62 bits per heavy atom. The van der Waals surface area contributed by atoms with Crippen molar-refractivity contribution in [3.8, 4) is 0 Å². The molecular weight excluding hydrogens is 195 g/mol. The molecule has 6 heteroatoms. The minimum absolute atomic E-state index is 0.143. The third-order valence-electron chi connectivity index (χ3n) is 1.31. The highest BCUT2D eigenvalue weighted by molar-refractivity contribution is 7.51. The predicted molar refractivity (Wildman–Crippen MR) is 47.3 cm³/mol. The summed E-state index contributed by atoms with van der Waals surface area (Å²) in [7, 11) is -3.99. The highest BCUT2D eigenvalue weighted by Gasteiger charge is 2.16. The van der Waals surface area contributed by atoms with Gasteiger partial charge in [-0.1, -0.05) is 6.58 Å². The van der Waals surface area contributed by atoms with Gasteiger partial charge in [0.15, 0.2) is 0 Å². The van der Waals surface area contributed by atoms with E-state index in [9.17, 15) is 9.36 Å². The second-order valence-electron chi connectivity index (χ2n) is 2.63. The first-order valence-corrected chi connectivity index (χ1v) is 5.52. The number of hydrogen-bond acceptors (Lipinski definition) is 3. The number of esters is 1. The van der Waals surface area contributed by atoms with Gasteiger partial charge in [-0.05, 0) is 13.3 Å². The number of carbonyl (C=O) groups is 1. The van der Waals surface area contributed by atoms with Crippen LogP contribution in [0.1, 0.15) is 13.3 Å². The molecule has 0 aromatic heterocycles. The first-order chi connectivity index (χ1) is 5.85. The summed E-state index contributed by atoms with van der Waals surface area (Å²) in [6.07, 6.45) is 0.370. The number of carbonyl (C=O) groups excluding carboxylic acids is 1. The average molecular weight is 208 g/mol. The van der Waals surface area contributed by atoms with Gasteiger partial charge >= 0.3 is 13.6 Å². The van der Waals surface area contributed by atoms with Crippen LogP contribution in [0.3, 0.4) is 0 Å². The predicted octanol–water partition coefficient (Wildman–Crippen LogP) is 0.672. The van der Waals surface area contributed by atoms with Crippen molar-refractivity contribution in [1.29, 1.82) is 0 Å². The maximum Gasteiger partial charge on any atom is 0.330 e. The number of rotatable bonds is 5. The molecule has 5 nitrogen and oxygen atoms in total. The van der Waals surface area contributed by atoms with Crippen molar-refractivity contribution in [3.63, 3.8) is 0 Å². The van der Waals surface area contributed by atoms with E-state index in [-0.39, 0.29) is 12.6 Å². The fraction of sp³-hybridized carbons (Fsp3) is 0.571. The van der Waals surface area contributed by atoms with Gasteiger partial charge < -0.3 is 14.5 Å². The highest BCUT2D eigenvalue weighted by Crippen LogP contribution is 2.35. The van der Waals surface area contributed by atoms with Crippen molar-refractivity contribution in [2.75, 3.05) is 6.16 Å². The van der Waals surface area contributed by atoms with Crippen molar-refractivity contribution in [2.24, 2.45) is 0 Å². The largest absolute Gasteiger partial charge is 0.460 e. The molecule has 0 amide bonds. The zero-order valence-electron chi connectivity index (χ0n) is 7.34. The smallest absolute Gasteiger partial charge is 0.330 e. The van der Waals surface area contributed by atoms with Crippen molar-refractivity contribution in [1.82, 2.24) is 0 Å². The maximum absolute atomic E-state index is 10.6. The summed E-state index contributed by atoms with van der Waals surface area (Å²) in [4.78, 5) is 27.6. The van der Waals surface area contributed by atoms with Crippen LogP contribution in [-0.2, 0) is 14.1 Å². The Balaban J connectivity index is 3.76. The lowest BCUT2D eigenvalue weighted by Gasteiger charge is -2.11. The number of ether oxygens (including phenoxy) is 1. The number of hydrogen-bond donors (Lipinski definition) is 2. The fourth-order valence-corrected chi connectivity index (χ4v) is 1.36. The van der Waals surface area contributed by atoms with Crippen LogP contribution in [-0.4, -0.2) is 28.0 Å². The molecule has 0 aromatic rings. The summed E-state index contributed by atoms with van der Waals surface area (Å²) in [6.45, 7) is 4.76. The van der Waals surface area contributed by atoms with E-state index in [1.165, 1.54) is 0 Å². The molecule has 13 heavy (non-hydrogen) atoms. The summed E-state index contributed by atoms with van der Waals surface area (Å²) in [5, 5.41) is 0. The lowest BCUT2D eigenvalue weighted by molar-refractivity contribution is -0.142. The van der Waals surface area contributed by atoms with E-state index >= 15 is 0 Å². The Hall–Kier alpha value is -0.640. The SMILES string of the molecule is C=CC(=O)OC(C)CCP(=O)(O)O. The molecule has 0 spiro atoms. The monoisotopic (exact) mass is 208 g/mol.